The maximum Gasteiger partial charge on any atom is 0.247 e. The minimum atomic E-state index is -1.34. The highest BCUT2D eigenvalue weighted by Gasteiger charge is 2.41. The zero-order valence-electron chi connectivity index (χ0n) is 12.6. The molecule has 1 aliphatic rings. The molecule has 0 saturated carbocycles. The molecule has 1 saturated heterocycles. The number of benzene rings is 2. The van der Waals surface area contributed by atoms with Gasteiger partial charge in [-0.2, -0.15) is 0 Å². The van der Waals surface area contributed by atoms with Crippen molar-refractivity contribution in [2.24, 2.45) is 0 Å². The molecule has 3 rings (SSSR count). The van der Waals surface area contributed by atoms with Crippen molar-refractivity contribution in [2.45, 2.75) is 16.6 Å². The van der Waals surface area contributed by atoms with Gasteiger partial charge in [-0.25, -0.2) is 4.90 Å². The van der Waals surface area contributed by atoms with Gasteiger partial charge in [0, 0.05) is 16.9 Å². The summed E-state index contributed by atoms with van der Waals surface area (Å²) in [6.07, 6.45) is -0.0618. The maximum absolute atomic E-state index is 12.7. The summed E-state index contributed by atoms with van der Waals surface area (Å²) in [7, 11) is 0. The van der Waals surface area contributed by atoms with Gasteiger partial charge in [0.1, 0.15) is 0 Å². The van der Waals surface area contributed by atoms with Crippen molar-refractivity contribution in [3.63, 3.8) is 0 Å². The molecule has 0 radical (unpaired) electrons. The van der Waals surface area contributed by atoms with Crippen LogP contribution in [0.2, 0.25) is 10.0 Å². The van der Waals surface area contributed by atoms with Crippen molar-refractivity contribution in [3.05, 3.63) is 58.1 Å². The summed E-state index contributed by atoms with van der Waals surface area (Å²) in [5.41, 5.74) is 0.201. The molecule has 2 aromatic rings. The number of imide groups is 1. The van der Waals surface area contributed by atoms with Gasteiger partial charge in [0.25, 0.3) is 0 Å². The van der Waals surface area contributed by atoms with Crippen molar-refractivity contribution in [2.75, 3.05) is 4.90 Å². The Morgan fingerprint density at radius 2 is 1.84 bits per heavy atom. The summed E-state index contributed by atoms with van der Waals surface area (Å²) in [5, 5.41) is 10.8. The van der Waals surface area contributed by atoms with Crippen molar-refractivity contribution < 1.29 is 19.5 Å². The van der Waals surface area contributed by atoms with Crippen LogP contribution in [-0.4, -0.2) is 23.0 Å². The Morgan fingerprint density at radius 1 is 1.12 bits per heavy atom. The molecule has 5 nitrogen and oxygen atoms in total. The van der Waals surface area contributed by atoms with Gasteiger partial charge in [-0.15, -0.1) is 11.8 Å². The van der Waals surface area contributed by atoms with Gasteiger partial charge in [-0.1, -0.05) is 47.5 Å². The monoisotopic (exact) mass is 394 g/mol. The van der Waals surface area contributed by atoms with E-state index in [0.717, 1.165) is 16.7 Å². The number of carboxylic acid groups (broad SMARTS) is 1. The average Bonchev–Trinajstić information content (AvgIpc) is 2.85. The first-order chi connectivity index (χ1) is 11.9. The maximum atomic E-state index is 12.7. The molecule has 0 aromatic heterocycles. The number of hydrogen-bond donors (Lipinski definition) is 0. The zero-order chi connectivity index (χ0) is 18.1. The summed E-state index contributed by atoms with van der Waals surface area (Å²) < 4.78 is 0. The minimum Gasteiger partial charge on any atom is -0.545 e. The second-order valence-electron chi connectivity index (χ2n) is 5.23. The number of rotatable bonds is 4. The quantitative estimate of drug-likeness (QED) is 0.744. The number of nitrogens with zero attached hydrogens (tertiary/aromatic N) is 1. The topological polar surface area (TPSA) is 77.5 Å². The fourth-order valence-corrected chi connectivity index (χ4v) is 4.06. The van der Waals surface area contributed by atoms with E-state index in [4.69, 9.17) is 23.2 Å². The van der Waals surface area contributed by atoms with E-state index < -0.39 is 23.0 Å². The van der Waals surface area contributed by atoms with Crippen molar-refractivity contribution >= 4 is 58.4 Å². The lowest BCUT2D eigenvalue weighted by Gasteiger charge is -2.17. The predicted molar refractivity (Wildman–Crippen MR) is 94.0 cm³/mol. The van der Waals surface area contributed by atoms with Crippen molar-refractivity contribution in [3.8, 4) is 0 Å². The SMILES string of the molecule is O=C([O-])c1ccccc1S[C@H]1CC(=O)N(c2cccc(Cl)c2Cl)C1=O. The predicted octanol–water partition coefficient (Wildman–Crippen LogP) is 2.78. The van der Waals surface area contributed by atoms with E-state index in [9.17, 15) is 19.5 Å². The number of carboxylic acids is 1. The molecule has 0 unspecified atom stereocenters. The van der Waals surface area contributed by atoms with Crippen LogP contribution in [-0.2, 0) is 9.59 Å². The number of hydrogen-bond acceptors (Lipinski definition) is 5. The molecule has 2 aromatic carbocycles. The second-order valence-corrected chi connectivity index (χ2v) is 7.26. The summed E-state index contributed by atoms with van der Waals surface area (Å²) in [5.74, 6) is -2.22. The number of aromatic carboxylic acids is 1. The van der Waals surface area contributed by atoms with E-state index in [1.807, 2.05) is 0 Å². The summed E-state index contributed by atoms with van der Waals surface area (Å²) >= 11 is 13.1. The molecule has 25 heavy (non-hydrogen) atoms. The average molecular weight is 395 g/mol. The number of anilines is 1. The largest absolute Gasteiger partial charge is 0.545 e. The Hall–Kier alpha value is -2.02. The van der Waals surface area contributed by atoms with Crippen LogP contribution < -0.4 is 10.0 Å². The molecule has 1 atom stereocenters. The highest BCUT2D eigenvalue weighted by Crippen LogP contribution is 2.39. The number of carbonyl (C=O) groups excluding carboxylic acids is 3. The first kappa shape index (κ1) is 17.8. The smallest absolute Gasteiger partial charge is 0.247 e. The molecule has 1 heterocycles. The molecule has 2 amide bonds. The lowest BCUT2D eigenvalue weighted by molar-refractivity contribution is -0.255. The van der Waals surface area contributed by atoms with E-state index in [1.165, 1.54) is 12.1 Å². The lowest BCUT2D eigenvalue weighted by Crippen LogP contribution is -2.31. The van der Waals surface area contributed by atoms with E-state index in [2.05, 4.69) is 0 Å². The van der Waals surface area contributed by atoms with Crippen molar-refractivity contribution in [1.82, 2.24) is 0 Å². The van der Waals surface area contributed by atoms with Crippen molar-refractivity contribution in [1.29, 1.82) is 0 Å². The van der Waals surface area contributed by atoms with E-state index in [0.29, 0.717) is 4.90 Å². The normalized spacial score (nSPS) is 17.2. The lowest BCUT2D eigenvalue weighted by atomic mass is 10.2. The van der Waals surface area contributed by atoms with Gasteiger partial charge < -0.3 is 9.90 Å². The Bertz CT molecular complexity index is 887. The van der Waals surface area contributed by atoms with Gasteiger partial charge >= 0.3 is 0 Å². The summed E-state index contributed by atoms with van der Waals surface area (Å²) in [6.45, 7) is 0. The second kappa shape index (κ2) is 7.07. The third-order valence-electron chi connectivity index (χ3n) is 3.65. The third kappa shape index (κ3) is 3.38. The number of carbonyl (C=O) groups is 3. The standard InChI is InChI=1S/C17H11Cl2NO4S/c18-10-5-3-6-11(15(10)19)20-14(21)8-13(16(20)22)25-12-7-2-1-4-9(12)17(23)24/h1-7,13H,8H2,(H,23,24)/p-1/t13-/m0/s1. The first-order valence-corrected chi connectivity index (χ1v) is 8.81. The molecular formula is C17H10Cl2NO4S-. The van der Waals surface area contributed by atoms with E-state index >= 15 is 0 Å². The van der Waals surface area contributed by atoms with Gasteiger partial charge in [0.05, 0.1) is 27.0 Å². The third-order valence-corrected chi connectivity index (χ3v) is 5.73. The molecular weight excluding hydrogens is 385 g/mol. The molecule has 1 aliphatic heterocycles. The first-order valence-electron chi connectivity index (χ1n) is 7.18. The molecule has 0 aliphatic carbocycles. The van der Waals surface area contributed by atoms with Gasteiger partial charge in [0.2, 0.25) is 11.8 Å². The molecule has 1 fully saturated rings. The molecule has 128 valence electrons. The van der Waals surface area contributed by atoms with Crippen LogP contribution in [0.1, 0.15) is 16.8 Å². The fourth-order valence-electron chi connectivity index (χ4n) is 2.51. The van der Waals surface area contributed by atoms with Gasteiger partial charge in [-0.3, -0.25) is 9.59 Å². The van der Waals surface area contributed by atoms with Crippen LogP contribution in [0.15, 0.2) is 47.4 Å². The fraction of sp³-hybridized carbons (Fsp3) is 0.118. The molecule has 8 heteroatoms. The highest BCUT2D eigenvalue weighted by atomic mass is 35.5. The van der Waals surface area contributed by atoms with Crippen LogP contribution in [0.25, 0.3) is 0 Å². The van der Waals surface area contributed by atoms with Crippen LogP contribution in [0.5, 0.6) is 0 Å². The van der Waals surface area contributed by atoms with Crippen LogP contribution >= 0.6 is 35.0 Å². The van der Waals surface area contributed by atoms with Gasteiger partial charge in [0.15, 0.2) is 0 Å². The van der Waals surface area contributed by atoms with Crippen LogP contribution in [0, 0.1) is 0 Å². The van der Waals surface area contributed by atoms with Gasteiger partial charge in [-0.05, 0) is 18.2 Å². The summed E-state index contributed by atoms with van der Waals surface area (Å²) in [6, 6.07) is 10.9. The molecule has 0 bridgehead atoms. The molecule has 0 spiro atoms. The minimum absolute atomic E-state index is 0.0213. The number of amides is 2. The Kier molecular flexibility index (Phi) is 5.03. The Morgan fingerprint density at radius 3 is 2.56 bits per heavy atom. The Balaban J connectivity index is 1.90. The zero-order valence-corrected chi connectivity index (χ0v) is 14.9. The molecule has 0 N–H and O–H groups in total. The Labute approximate surface area is 157 Å². The van der Waals surface area contributed by atoms with E-state index in [1.54, 1.807) is 30.3 Å². The summed E-state index contributed by atoms with van der Waals surface area (Å²) in [4.78, 5) is 37.6. The number of thioether (sulfide) groups is 1. The van der Waals surface area contributed by atoms with Crippen LogP contribution in [0.4, 0.5) is 5.69 Å². The van der Waals surface area contributed by atoms with Crippen LogP contribution in [0.3, 0.4) is 0 Å². The highest BCUT2D eigenvalue weighted by molar-refractivity contribution is 8.00. The number of halogens is 2. The van der Waals surface area contributed by atoms with E-state index in [-0.39, 0.29) is 27.7 Å².